The van der Waals surface area contributed by atoms with Crippen LogP contribution in [0.25, 0.3) is 6.08 Å². The van der Waals surface area contributed by atoms with Crippen molar-refractivity contribution in [3.8, 4) is 0 Å². The number of nitrogens with zero attached hydrogens (tertiary/aromatic N) is 2. The van der Waals surface area contributed by atoms with Crippen molar-refractivity contribution in [3.63, 3.8) is 0 Å². The average Bonchev–Trinajstić information content (AvgIpc) is 2.09. The summed E-state index contributed by atoms with van der Waals surface area (Å²) in [4.78, 5) is 8.29. The fourth-order valence-corrected chi connectivity index (χ4v) is 0.754. The van der Waals surface area contributed by atoms with Gasteiger partial charge >= 0.3 is 0 Å². The van der Waals surface area contributed by atoms with Gasteiger partial charge in [-0.25, -0.2) is 0 Å². The van der Waals surface area contributed by atoms with Crippen LogP contribution in [0.1, 0.15) is 18.3 Å². The summed E-state index contributed by atoms with van der Waals surface area (Å²) >= 11 is 0. The molecule has 62 valence electrons. The van der Waals surface area contributed by atoms with E-state index < -0.39 is 0 Å². The van der Waals surface area contributed by atoms with Crippen LogP contribution in [0.4, 0.5) is 0 Å². The molecule has 0 saturated heterocycles. The molecule has 0 aliphatic carbocycles. The standard InChI is InChI=1S/C10H12N2/c1-3-4-5-6-10-8-11-9(2)7-12-10/h3-8H,1-2H3/b4-3-,6-5-. The van der Waals surface area contributed by atoms with E-state index in [0.717, 1.165) is 11.4 Å². The summed E-state index contributed by atoms with van der Waals surface area (Å²) in [5.74, 6) is 0. The predicted octanol–water partition coefficient (Wildman–Crippen LogP) is 2.37. The lowest BCUT2D eigenvalue weighted by Gasteiger charge is -1.91. The largest absolute Gasteiger partial charge is 0.258 e. The predicted molar refractivity (Wildman–Crippen MR) is 50.6 cm³/mol. The zero-order chi connectivity index (χ0) is 8.81. The van der Waals surface area contributed by atoms with E-state index in [1.807, 2.05) is 38.2 Å². The molecule has 0 fully saturated rings. The molecule has 0 saturated carbocycles. The molecule has 0 spiro atoms. The SMILES string of the molecule is C/C=C\C=C/c1cnc(C)cn1. The minimum Gasteiger partial charge on any atom is -0.258 e. The molecule has 0 atom stereocenters. The van der Waals surface area contributed by atoms with E-state index in [4.69, 9.17) is 0 Å². The third-order valence-corrected chi connectivity index (χ3v) is 1.37. The first-order valence-electron chi connectivity index (χ1n) is 3.91. The van der Waals surface area contributed by atoms with Crippen molar-refractivity contribution in [2.45, 2.75) is 13.8 Å². The molecule has 0 aliphatic rings. The lowest BCUT2D eigenvalue weighted by Crippen LogP contribution is -1.85. The van der Waals surface area contributed by atoms with E-state index >= 15 is 0 Å². The van der Waals surface area contributed by atoms with E-state index in [9.17, 15) is 0 Å². The Morgan fingerprint density at radius 3 is 2.58 bits per heavy atom. The third kappa shape index (κ3) is 2.66. The van der Waals surface area contributed by atoms with Crippen LogP contribution in [0, 0.1) is 6.92 Å². The monoisotopic (exact) mass is 160 g/mol. The molecule has 12 heavy (non-hydrogen) atoms. The quantitative estimate of drug-likeness (QED) is 0.621. The zero-order valence-electron chi connectivity index (χ0n) is 7.36. The fraction of sp³-hybridized carbons (Fsp3) is 0.200. The highest BCUT2D eigenvalue weighted by molar-refractivity contribution is 5.45. The van der Waals surface area contributed by atoms with Gasteiger partial charge in [0.25, 0.3) is 0 Å². The van der Waals surface area contributed by atoms with Crippen molar-refractivity contribution in [2.24, 2.45) is 0 Å². The van der Waals surface area contributed by atoms with Gasteiger partial charge < -0.3 is 0 Å². The molecule has 0 unspecified atom stereocenters. The van der Waals surface area contributed by atoms with Gasteiger partial charge in [-0.3, -0.25) is 9.97 Å². The van der Waals surface area contributed by atoms with E-state index in [-0.39, 0.29) is 0 Å². The second kappa shape index (κ2) is 4.44. The molecule has 1 heterocycles. The highest BCUT2D eigenvalue weighted by Crippen LogP contribution is 1.96. The highest BCUT2D eigenvalue weighted by Gasteiger charge is 1.86. The summed E-state index contributed by atoms with van der Waals surface area (Å²) in [7, 11) is 0. The molecule has 0 aliphatic heterocycles. The van der Waals surface area contributed by atoms with Gasteiger partial charge in [0.2, 0.25) is 0 Å². The third-order valence-electron chi connectivity index (χ3n) is 1.37. The number of allylic oxidation sites excluding steroid dienone is 3. The fourth-order valence-electron chi connectivity index (χ4n) is 0.754. The van der Waals surface area contributed by atoms with Gasteiger partial charge in [0.15, 0.2) is 0 Å². The lowest BCUT2D eigenvalue weighted by molar-refractivity contribution is 1.10. The topological polar surface area (TPSA) is 25.8 Å². The van der Waals surface area contributed by atoms with E-state index in [2.05, 4.69) is 9.97 Å². The minimum absolute atomic E-state index is 0.888. The number of hydrogen-bond acceptors (Lipinski definition) is 2. The van der Waals surface area contributed by atoms with Crippen molar-refractivity contribution in [1.82, 2.24) is 9.97 Å². The van der Waals surface area contributed by atoms with Gasteiger partial charge in [-0.1, -0.05) is 18.2 Å². The first-order chi connectivity index (χ1) is 5.83. The maximum absolute atomic E-state index is 4.17. The molecular formula is C10H12N2. The Morgan fingerprint density at radius 2 is 2.00 bits per heavy atom. The second-order valence-electron chi connectivity index (χ2n) is 2.47. The van der Waals surface area contributed by atoms with Crippen LogP contribution < -0.4 is 0 Å². The van der Waals surface area contributed by atoms with Crippen molar-refractivity contribution >= 4 is 6.08 Å². The Morgan fingerprint density at radius 1 is 1.17 bits per heavy atom. The number of aromatic nitrogens is 2. The molecule has 0 N–H and O–H groups in total. The van der Waals surface area contributed by atoms with Gasteiger partial charge in [-0.15, -0.1) is 0 Å². The minimum atomic E-state index is 0.888. The molecule has 2 nitrogen and oxygen atoms in total. The van der Waals surface area contributed by atoms with E-state index in [1.54, 1.807) is 12.4 Å². The zero-order valence-corrected chi connectivity index (χ0v) is 7.36. The Balaban J connectivity index is 2.70. The molecular weight excluding hydrogens is 148 g/mol. The van der Waals surface area contributed by atoms with Crippen molar-refractivity contribution in [2.75, 3.05) is 0 Å². The number of aryl methyl sites for hydroxylation is 1. The normalized spacial score (nSPS) is 11.5. The van der Waals surface area contributed by atoms with Gasteiger partial charge in [-0.2, -0.15) is 0 Å². The summed E-state index contributed by atoms with van der Waals surface area (Å²) in [5, 5.41) is 0. The molecule has 2 heteroatoms. The lowest BCUT2D eigenvalue weighted by atomic mass is 10.3. The van der Waals surface area contributed by atoms with Gasteiger partial charge in [-0.05, 0) is 19.9 Å². The van der Waals surface area contributed by atoms with Crippen molar-refractivity contribution in [3.05, 3.63) is 42.0 Å². The molecule has 0 aromatic carbocycles. The van der Waals surface area contributed by atoms with Crippen molar-refractivity contribution < 1.29 is 0 Å². The number of hydrogen-bond donors (Lipinski definition) is 0. The maximum atomic E-state index is 4.17. The van der Waals surface area contributed by atoms with Crippen LogP contribution in [-0.4, -0.2) is 9.97 Å². The van der Waals surface area contributed by atoms with Crippen molar-refractivity contribution in [1.29, 1.82) is 0 Å². The Kier molecular flexibility index (Phi) is 3.20. The number of rotatable bonds is 2. The van der Waals surface area contributed by atoms with Crippen LogP contribution in [0.5, 0.6) is 0 Å². The van der Waals surface area contributed by atoms with Crippen LogP contribution >= 0.6 is 0 Å². The summed E-state index contributed by atoms with van der Waals surface area (Å²) in [6.45, 7) is 3.90. The van der Waals surface area contributed by atoms with Crippen LogP contribution in [-0.2, 0) is 0 Å². The second-order valence-corrected chi connectivity index (χ2v) is 2.47. The molecule has 0 bridgehead atoms. The Bertz CT molecular complexity index is 283. The maximum Gasteiger partial charge on any atom is 0.0813 e. The summed E-state index contributed by atoms with van der Waals surface area (Å²) < 4.78 is 0. The highest BCUT2D eigenvalue weighted by atomic mass is 14.8. The summed E-state index contributed by atoms with van der Waals surface area (Å²) in [5.41, 5.74) is 1.83. The smallest absolute Gasteiger partial charge is 0.0813 e. The van der Waals surface area contributed by atoms with Crippen LogP contribution in [0.3, 0.4) is 0 Å². The first kappa shape index (κ1) is 8.65. The average molecular weight is 160 g/mol. The molecule has 0 radical (unpaired) electrons. The van der Waals surface area contributed by atoms with Crippen LogP contribution in [0.15, 0.2) is 30.6 Å². The van der Waals surface area contributed by atoms with E-state index in [1.165, 1.54) is 0 Å². The first-order valence-corrected chi connectivity index (χ1v) is 3.91. The van der Waals surface area contributed by atoms with Gasteiger partial charge in [0.1, 0.15) is 0 Å². The van der Waals surface area contributed by atoms with Gasteiger partial charge in [0.05, 0.1) is 17.6 Å². The molecule has 1 rings (SSSR count). The van der Waals surface area contributed by atoms with Gasteiger partial charge in [0, 0.05) is 6.20 Å². The molecule has 1 aromatic heterocycles. The Labute approximate surface area is 72.7 Å². The summed E-state index contributed by atoms with van der Waals surface area (Å²) in [6.07, 6.45) is 11.3. The molecule has 1 aromatic rings. The van der Waals surface area contributed by atoms with Crippen LogP contribution in [0.2, 0.25) is 0 Å². The summed E-state index contributed by atoms with van der Waals surface area (Å²) in [6, 6.07) is 0. The molecule has 0 amide bonds. The Hall–Kier alpha value is -1.44. The van der Waals surface area contributed by atoms with E-state index in [0.29, 0.717) is 0 Å².